The zero-order chi connectivity index (χ0) is 22.1. The SMILES string of the molecule is CCOC(=O)Oc1ccc(C(=O)NCCNC(=O)c2ccc(C(C)(C)C)cc2)cc1. The standard InChI is InChI=1S/C23H28N2O5/c1-5-29-22(28)30-19-12-8-17(9-13-19)21(27)25-15-14-24-20(26)16-6-10-18(11-7-16)23(2,3)4/h6-13H,5,14-15H2,1-4H3,(H,24,26)(H,25,27). The van der Waals surface area contributed by atoms with E-state index in [4.69, 9.17) is 4.74 Å². The molecule has 0 aromatic heterocycles. The number of carbonyl (C=O) groups is 3. The van der Waals surface area contributed by atoms with Gasteiger partial charge >= 0.3 is 6.16 Å². The molecule has 0 aliphatic rings. The van der Waals surface area contributed by atoms with Crippen molar-refractivity contribution in [2.45, 2.75) is 33.1 Å². The van der Waals surface area contributed by atoms with Crippen LogP contribution in [0, 0.1) is 0 Å². The molecule has 7 heteroatoms. The maximum Gasteiger partial charge on any atom is 0.513 e. The van der Waals surface area contributed by atoms with E-state index in [1.165, 1.54) is 12.1 Å². The number of amides is 2. The van der Waals surface area contributed by atoms with Crippen LogP contribution in [0.5, 0.6) is 5.75 Å². The molecule has 0 aliphatic heterocycles. The van der Waals surface area contributed by atoms with E-state index in [0.717, 1.165) is 5.56 Å². The van der Waals surface area contributed by atoms with Crippen molar-refractivity contribution < 1.29 is 23.9 Å². The molecule has 2 rings (SSSR count). The second-order valence-corrected chi connectivity index (χ2v) is 7.65. The van der Waals surface area contributed by atoms with E-state index < -0.39 is 6.16 Å². The Labute approximate surface area is 176 Å². The fourth-order valence-corrected chi connectivity index (χ4v) is 2.60. The van der Waals surface area contributed by atoms with E-state index in [1.54, 1.807) is 31.2 Å². The zero-order valence-electron chi connectivity index (χ0n) is 17.8. The molecule has 0 heterocycles. The van der Waals surface area contributed by atoms with Crippen LogP contribution in [-0.2, 0) is 10.2 Å². The van der Waals surface area contributed by atoms with E-state index >= 15 is 0 Å². The van der Waals surface area contributed by atoms with Gasteiger partial charge in [-0.2, -0.15) is 0 Å². The summed E-state index contributed by atoms with van der Waals surface area (Å²) in [5.41, 5.74) is 2.18. The van der Waals surface area contributed by atoms with Gasteiger partial charge in [-0.1, -0.05) is 32.9 Å². The quantitative estimate of drug-likeness (QED) is 0.411. The van der Waals surface area contributed by atoms with Gasteiger partial charge in [0, 0.05) is 24.2 Å². The van der Waals surface area contributed by atoms with Gasteiger partial charge in [0.15, 0.2) is 0 Å². The molecule has 7 nitrogen and oxygen atoms in total. The minimum Gasteiger partial charge on any atom is -0.434 e. The van der Waals surface area contributed by atoms with Crippen molar-refractivity contribution in [2.75, 3.05) is 19.7 Å². The Kier molecular flexibility index (Phi) is 7.98. The first-order valence-corrected chi connectivity index (χ1v) is 9.82. The molecule has 0 atom stereocenters. The largest absolute Gasteiger partial charge is 0.513 e. The lowest BCUT2D eigenvalue weighted by atomic mass is 9.87. The molecule has 2 aromatic rings. The van der Waals surface area contributed by atoms with Crippen LogP contribution < -0.4 is 15.4 Å². The topological polar surface area (TPSA) is 93.7 Å². The Hall–Kier alpha value is -3.35. The molecule has 2 N–H and O–H groups in total. The molecule has 30 heavy (non-hydrogen) atoms. The summed E-state index contributed by atoms with van der Waals surface area (Å²) >= 11 is 0. The lowest BCUT2D eigenvalue weighted by Gasteiger charge is -2.19. The van der Waals surface area contributed by atoms with Crippen LogP contribution in [-0.4, -0.2) is 37.7 Å². The third-order valence-electron chi connectivity index (χ3n) is 4.29. The first kappa shape index (κ1) is 22.9. The van der Waals surface area contributed by atoms with Crippen LogP contribution in [0.1, 0.15) is 54.0 Å². The molecule has 0 radical (unpaired) electrons. The third-order valence-corrected chi connectivity index (χ3v) is 4.29. The predicted molar refractivity (Wildman–Crippen MR) is 114 cm³/mol. The van der Waals surface area contributed by atoms with Gasteiger partial charge < -0.3 is 20.1 Å². The average molecular weight is 412 g/mol. The summed E-state index contributed by atoms with van der Waals surface area (Å²) < 4.78 is 9.63. The van der Waals surface area contributed by atoms with Crippen LogP contribution in [0.2, 0.25) is 0 Å². The van der Waals surface area contributed by atoms with E-state index in [1.807, 2.05) is 12.1 Å². The maximum atomic E-state index is 12.2. The van der Waals surface area contributed by atoms with Gasteiger partial charge in [-0.05, 0) is 54.3 Å². The summed E-state index contributed by atoms with van der Waals surface area (Å²) in [6, 6.07) is 13.6. The summed E-state index contributed by atoms with van der Waals surface area (Å²) in [5.74, 6) is -0.193. The van der Waals surface area contributed by atoms with Crippen LogP contribution in [0.4, 0.5) is 4.79 Å². The molecule has 2 aromatic carbocycles. The highest BCUT2D eigenvalue weighted by molar-refractivity contribution is 5.95. The number of hydrogen-bond donors (Lipinski definition) is 2. The molecule has 0 fully saturated rings. The second kappa shape index (κ2) is 10.4. The molecular weight excluding hydrogens is 384 g/mol. The molecule has 0 spiro atoms. The van der Waals surface area contributed by atoms with Crippen LogP contribution in [0.15, 0.2) is 48.5 Å². The van der Waals surface area contributed by atoms with E-state index in [-0.39, 0.29) is 36.1 Å². The Balaban J connectivity index is 1.76. The van der Waals surface area contributed by atoms with Gasteiger partial charge in [0.2, 0.25) is 0 Å². The molecule has 0 bridgehead atoms. The highest BCUT2D eigenvalue weighted by atomic mass is 16.7. The summed E-state index contributed by atoms with van der Waals surface area (Å²) in [6.45, 7) is 8.84. The smallest absolute Gasteiger partial charge is 0.434 e. The highest BCUT2D eigenvalue weighted by Crippen LogP contribution is 2.22. The number of hydrogen-bond acceptors (Lipinski definition) is 5. The number of carbonyl (C=O) groups excluding carboxylic acids is 3. The fourth-order valence-electron chi connectivity index (χ4n) is 2.60. The van der Waals surface area contributed by atoms with Gasteiger partial charge in [0.1, 0.15) is 5.75 Å². The van der Waals surface area contributed by atoms with Crippen LogP contribution >= 0.6 is 0 Å². The summed E-state index contributed by atoms with van der Waals surface area (Å²) in [6.07, 6.45) is -0.793. The fraction of sp³-hybridized carbons (Fsp3) is 0.348. The van der Waals surface area contributed by atoms with Crippen molar-refractivity contribution in [3.8, 4) is 5.75 Å². The molecule has 0 saturated carbocycles. The Morgan fingerprint density at radius 1 is 0.800 bits per heavy atom. The van der Waals surface area contributed by atoms with Crippen molar-refractivity contribution in [3.63, 3.8) is 0 Å². The van der Waals surface area contributed by atoms with Crippen molar-refractivity contribution in [1.29, 1.82) is 0 Å². The lowest BCUT2D eigenvalue weighted by Crippen LogP contribution is -2.34. The maximum absolute atomic E-state index is 12.2. The summed E-state index contributed by atoms with van der Waals surface area (Å²) in [7, 11) is 0. The Bertz CT molecular complexity index is 868. The minimum absolute atomic E-state index is 0.0302. The van der Waals surface area contributed by atoms with Crippen molar-refractivity contribution in [2.24, 2.45) is 0 Å². The summed E-state index contributed by atoms with van der Waals surface area (Å²) in [5, 5.41) is 5.51. The first-order chi connectivity index (χ1) is 14.2. The highest BCUT2D eigenvalue weighted by Gasteiger charge is 2.14. The molecule has 0 saturated heterocycles. The first-order valence-electron chi connectivity index (χ1n) is 9.82. The normalized spacial score (nSPS) is 10.8. The summed E-state index contributed by atoms with van der Waals surface area (Å²) in [4.78, 5) is 35.7. The van der Waals surface area contributed by atoms with Crippen molar-refractivity contribution in [3.05, 3.63) is 65.2 Å². The van der Waals surface area contributed by atoms with E-state index in [0.29, 0.717) is 17.7 Å². The predicted octanol–water partition coefficient (Wildman–Crippen LogP) is 3.68. The molecule has 2 amide bonds. The van der Waals surface area contributed by atoms with Crippen LogP contribution in [0.25, 0.3) is 0 Å². The molecule has 0 aliphatic carbocycles. The van der Waals surface area contributed by atoms with Gasteiger partial charge in [-0.15, -0.1) is 0 Å². The number of nitrogens with one attached hydrogen (secondary N) is 2. The van der Waals surface area contributed by atoms with Crippen LogP contribution in [0.3, 0.4) is 0 Å². The lowest BCUT2D eigenvalue weighted by molar-refractivity contribution is 0.0927. The number of ether oxygens (including phenoxy) is 2. The monoisotopic (exact) mass is 412 g/mol. The van der Waals surface area contributed by atoms with Gasteiger partial charge in [0.05, 0.1) is 6.61 Å². The minimum atomic E-state index is -0.793. The number of rotatable bonds is 7. The van der Waals surface area contributed by atoms with Gasteiger partial charge in [-0.3, -0.25) is 9.59 Å². The molecule has 160 valence electrons. The zero-order valence-corrected chi connectivity index (χ0v) is 17.8. The van der Waals surface area contributed by atoms with E-state index in [9.17, 15) is 14.4 Å². The Morgan fingerprint density at radius 2 is 1.27 bits per heavy atom. The molecule has 0 unspecified atom stereocenters. The Morgan fingerprint density at radius 3 is 1.70 bits per heavy atom. The van der Waals surface area contributed by atoms with Gasteiger partial charge in [0.25, 0.3) is 11.8 Å². The third kappa shape index (κ3) is 6.92. The number of benzene rings is 2. The molecular formula is C23H28N2O5. The van der Waals surface area contributed by atoms with Gasteiger partial charge in [-0.25, -0.2) is 4.79 Å². The van der Waals surface area contributed by atoms with Crippen molar-refractivity contribution >= 4 is 18.0 Å². The van der Waals surface area contributed by atoms with Crippen molar-refractivity contribution in [1.82, 2.24) is 10.6 Å². The average Bonchev–Trinajstić information content (AvgIpc) is 2.71. The second-order valence-electron chi connectivity index (χ2n) is 7.65. The van der Waals surface area contributed by atoms with E-state index in [2.05, 4.69) is 36.1 Å².